The molecule has 0 fully saturated rings. The Morgan fingerprint density at radius 1 is 0.556 bits per heavy atom. The summed E-state index contributed by atoms with van der Waals surface area (Å²) in [5.41, 5.74) is 0. The Labute approximate surface area is 192 Å². The smallest absolute Gasteiger partial charge is 0.460 e. The monoisotopic (exact) mass is 588 g/mol. The second kappa shape index (κ2) is 9.07. The van der Waals surface area contributed by atoms with Crippen molar-refractivity contribution in [3.05, 3.63) is 18.2 Å². The van der Waals surface area contributed by atoms with E-state index in [4.69, 9.17) is 5.11 Å². The van der Waals surface area contributed by atoms with Gasteiger partial charge in [-0.15, -0.1) is 11.8 Å². The molecule has 1 rings (SSSR count). The molecule has 1 aromatic carbocycles. The summed E-state index contributed by atoms with van der Waals surface area (Å²) in [6, 6.07) is 2.60. The molecule has 0 unspecified atom stereocenters. The zero-order chi connectivity index (χ0) is 29.0. The Hall–Kier alpha value is -2.02. The highest BCUT2D eigenvalue weighted by Crippen LogP contribution is 2.64. The van der Waals surface area contributed by atoms with E-state index in [9.17, 15) is 79.7 Å². The lowest BCUT2D eigenvalue weighted by Gasteiger charge is -2.42. The number of rotatable bonds is 10. The van der Waals surface area contributed by atoms with E-state index >= 15 is 0 Å². The minimum Gasteiger partial charge on any atom is -0.504 e. The third-order valence-electron chi connectivity index (χ3n) is 4.44. The summed E-state index contributed by atoms with van der Waals surface area (Å²) >= 11 is -0.110. The predicted octanol–water partition coefficient (Wildman–Crippen LogP) is 7.59. The first kappa shape index (κ1) is 32.0. The summed E-state index contributed by atoms with van der Waals surface area (Å²) in [5, 5.41) is 18.6. The Morgan fingerprint density at radius 2 is 0.944 bits per heavy atom. The maximum Gasteiger partial charge on any atom is 0.460 e. The Balaban J connectivity index is 3.37. The molecule has 0 amide bonds. The van der Waals surface area contributed by atoms with Gasteiger partial charge in [-0.3, -0.25) is 0 Å². The lowest BCUT2D eigenvalue weighted by molar-refractivity contribution is -0.461. The van der Waals surface area contributed by atoms with Gasteiger partial charge in [0.05, 0.1) is 4.90 Å². The Morgan fingerprint density at radius 3 is 1.36 bits per heavy atom. The molecule has 0 saturated heterocycles. The van der Waals surface area contributed by atoms with E-state index in [0.717, 1.165) is 18.2 Å². The number of hydrogen-bond acceptors (Lipinski definition) is 3. The van der Waals surface area contributed by atoms with Crippen LogP contribution in [0.15, 0.2) is 23.1 Å². The summed E-state index contributed by atoms with van der Waals surface area (Å²) in [6.45, 7) is 0. The lowest BCUT2D eigenvalue weighted by Crippen LogP contribution is -2.74. The Bertz CT molecular complexity index is 941. The van der Waals surface area contributed by atoms with Crippen molar-refractivity contribution in [1.29, 1.82) is 0 Å². The SMILES string of the molecule is Oc1cccc(SCCC(F)(F)C(F)(F)C(F)(F)C(F)(F)C(F)(F)C(F)(F)C(F)(F)C(F)(F)F)c1O. The molecule has 2 nitrogen and oxygen atoms in total. The highest BCUT2D eigenvalue weighted by Gasteiger charge is 2.95. The van der Waals surface area contributed by atoms with Gasteiger partial charge in [0, 0.05) is 12.2 Å². The number of phenols is 2. The molecule has 0 atom stereocenters. The van der Waals surface area contributed by atoms with Crippen molar-refractivity contribution in [2.24, 2.45) is 0 Å². The molecule has 0 heterocycles. The van der Waals surface area contributed by atoms with Crippen LogP contribution in [-0.2, 0) is 0 Å². The first-order valence-corrected chi connectivity index (χ1v) is 9.49. The van der Waals surface area contributed by atoms with Crippen LogP contribution in [-0.4, -0.2) is 63.6 Å². The number of alkyl halides is 17. The summed E-state index contributed by atoms with van der Waals surface area (Å²) < 4.78 is 224. The van der Waals surface area contributed by atoms with E-state index in [2.05, 4.69) is 0 Å². The summed E-state index contributed by atoms with van der Waals surface area (Å²) in [7, 11) is 0. The molecule has 0 aliphatic carbocycles. The highest BCUT2D eigenvalue weighted by atomic mass is 32.2. The molecule has 2 N–H and O–H groups in total. The normalized spacial score (nSPS) is 15.4. The quantitative estimate of drug-likeness (QED) is 0.168. The fourth-order valence-corrected chi connectivity index (χ4v) is 3.26. The van der Waals surface area contributed by atoms with Crippen LogP contribution in [0.3, 0.4) is 0 Å². The molecule has 0 bridgehead atoms. The van der Waals surface area contributed by atoms with E-state index in [1.54, 1.807) is 0 Å². The first-order chi connectivity index (χ1) is 15.6. The number of hydrogen-bond donors (Lipinski definition) is 2. The first-order valence-electron chi connectivity index (χ1n) is 8.50. The summed E-state index contributed by atoms with van der Waals surface area (Å²) in [4.78, 5) is -0.577. The molecule has 0 aromatic heterocycles. The number of thioether (sulfide) groups is 1. The molecule has 0 saturated carbocycles. The second-order valence-corrected chi connectivity index (χ2v) is 8.01. The van der Waals surface area contributed by atoms with Crippen molar-refractivity contribution >= 4 is 11.8 Å². The fourth-order valence-electron chi connectivity index (χ4n) is 2.27. The van der Waals surface area contributed by atoms with E-state index < -0.39 is 76.2 Å². The van der Waals surface area contributed by atoms with Gasteiger partial charge in [0.15, 0.2) is 11.5 Å². The predicted molar refractivity (Wildman–Crippen MR) is 85.8 cm³/mol. The molecule has 0 aliphatic rings. The van der Waals surface area contributed by atoms with Crippen LogP contribution in [0.5, 0.6) is 11.5 Å². The molecule has 1 aromatic rings. The van der Waals surface area contributed by atoms with E-state index in [1.807, 2.05) is 0 Å². The van der Waals surface area contributed by atoms with Crippen LogP contribution in [0, 0.1) is 0 Å². The third-order valence-corrected chi connectivity index (χ3v) is 5.49. The molecule has 36 heavy (non-hydrogen) atoms. The largest absolute Gasteiger partial charge is 0.504 e. The Kier molecular flexibility index (Phi) is 8.07. The van der Waals surface area contributed by atoms with Gasteiger partial charge in [0.2, 0.25) is 0 Å². The van der Waals surface area contributed by atoms with Crippen molar-refractivity contribution < 1.29 is 84.9 Å². The van der Waals surface area contributed by atoms with Crippen LogP contribution in [0.1, 0.15) is 6.42 Å². The molecule has 210 valence electrons. The van der Waals surface area contributed by atoms with Gasteiger partial charge in [0.25, 0.3) is 0 Å². The van der Waals surface area contributed by atoms with Gasteiger partial charge in [-0.1, -0.05) is 6.07 Å². The van der Waals surface area contributed by atoms with Gasteiger partial charge in [-0.25, -0.2) is 0 Å². The van der Waals surface area contributed by atoms with Gasteiger partial charge in [0.1, 0.15) is 0 Å². The van der Waals surface area contributed by atoms with Crippen molar-refractivity contribution in [1.82, 2.24) is 0 Å². The average molecular weight is 588 g/mol. The topological polar surface area (TPSA) is 40.5 Å². The van der Waals surface area contributed by atoms with Crippen LogP contribution in [0.25, 0.3) is 0 Å². The van der Waals surface area contributed by atoms with Crippen molar-refractivity contribution in [2.75, 3.05) is 5.75 Å². The van der Waals surface area contributed by atoms with Gasteiger partial charge in [-0.05, 0) is 12.1 Å². The maximum absolute atomic E-state index is 13.8. The van der Waals surface area contributed by atoms with Gasteiger partial charge in [-0.2, -0.15) is 74.6 Å². The van der Waals surface area contributed by atoms with E-state index in [0.29, 0.717) is 0 Å². The number of benzene rings is 1. The van der Waals surface area contributed by atoms with Crippen LogP contribution < -0.4 is 0 Å². The average Bonchev–Trinajstić information content (AvgIpc) is 2.69. The second-order valence-electron chi connectivity index (χ2n) is 6.87. The van der Waals surface area contributed by atoms with Crippen molar-refractivity contribution in [3.63, 3.8) is 0 Å². The third kappa shape index (κ3) is 4.57. The van der Waals surface area contributed by atoms with Crippen LogP contribution >= 0.6 is 11.8 Å². The standard InChI is InChI=1S/C16H9F17O2S/c17-9(18,4-5-36-7-3-1-2-6(34)8(7)35)10(19,20)11(21,22)12(23,24)13(25,26)14(27,28)15(29,30)16(31,32)33/h1-3,34-35H,4-5H2. The number of phenolic OH excluding ortho intramolecular Hbond substituents is 2. The number of para-hydroxylation sites is 1. The molecular weight excluding hydrogens is 579 g/mol. The molecule has 0 spiro atoms. The van der Waals surface area contributed by atoms with E-state index in [1.165, 1.54) is 0 Å². The number of aromatic hydroxyl groups is 2. The lowest BCUT2D eigenvalue weighted by atomic mass is 9.88. The fraction of sp³-hybridized carbons (Fsp3) is 0.625. The minimum atomic E-state index is -8.66. The zero-order valence-corrected chi connectivity index (χ0v) is 17.2. The van der Waals surface area contributed by atoms with Crippen LogP contribution in [0.4, 0.5) is 74.6 Å². The molecule has 0 aliphatic heterocycles. The molecule has 0 radical (unpaired) electrons. The van der Waals surface area contributed by atoms with Crippen molar-refractivity contribution in [3.8, 4) is 11.5 Å². The number of halogens is 17. The zero-order valence-electron chi connectivity index (χ0n) is 16.4. The molecular formula is C16H9F17O2S. The highest BCUT2D eigenvalue weighted by molar-refractivity contribution is 7.99. The summed E-state index contributed by atoms with van der Waals surface area (Å²) in [6.07, 6.45) is -10.4. The maximum atomic E-state index is 13.8. The van der Waals surface area contributed by atoms with Crippen LogP contribution in [0.2, 0.25) is 0 Å². The van der Waals surface area contributed by atoms with Crippen molar-refractivity contribution in [2.45, 2.75) is 59.0 Å². The summed E-state index contributed by atoms with van der Waals surface area (Å²) in [5.74, 6) is -60.1. The molecule has 20 heteroatoms. The van der Waals surface area contributed by atoms with E-state index in [-0.39, 0.29) is 11.8 Å². The van der Waals surface area contributed by atoms with Gasteiger partial charge >= 0.3 is 47.6 Å². The van der Waals surface area contributed by atoms with Gasteiger partial charge < -0.3 is 10.2 Å². The minimum absolute atomic E-state index is 0.110.